The Morgan fingerprint density at radius 2 is 1.80 bits per heavy atom. The Kier molecular flexibility index (Phi) is 6.13. The molecule has 0 unspecified atom stereocenters. The van der Waals surface area contributed by atoms with Crippen LogP contribution >= 0.6 is 0 Å². The number of hydrogen-bond acceptors (Lipinski definition) is 4. The first kappa shape index (κ1) is 17.1. The van der Waals surface area contributed by atoms with Gasteiger partial charge in [0.1, 0.15) is 0 Å². The van der Waals surface area contributed by atoms with Gasteiger partial charge in [0.15, 0.2) is 0 Å². The van der Waals surface area contributed by atoms with Crippen LogP contribution < -0.4 is 10.0 Å². The molecule has 114 valence electrons. The van der Waals surface area contributed by atoms with Gasteiger partial charge in [-0.05, 0) is 51.6 Å². The molecule has 2 N–H and O–H groups in total. The summed E-state index contributed by atoms with van der Waals surface area (Å²) in [7, 11) is -0.0369. The van der Waals surface area contributed by atoms with Crippen LogP contribution in [-0.2, 0) is 21.2 Å². The molecule has 0 heterocycles. The Balaban J connectivity index is 2.73. The van der Waals surface area contributed by atoms with E-state index in [1.165, 1.54) is 0 Å². The van der Waals surface area contributed by atoms with Crippen LogP contribution in [-0.4, -0.2) is 41.3 Å². The minimum absolute atomic E-state index is 0.230. The van der Waals surface area contributed by atoms with Gasteiger partial charge in [-0.3, -0.25) is 0 Å². The molecule has 0 saturated carbocycles. The third kappa shape index (κ3) is 5.20. The second-order valence-corrected chi connectivity index (χ2v) is 7.05. The lowest BCUT2D eigenvalue weighted by Crippen LogP contribution is -2.39. The first-order chi connectivity index (χ1) is 9.30. The van der Waals surface area contributed by atoms with Gasteiger partial charge in [0, 0.05) is 13.7 Å². The fourth-order valence-electron chi connectivity index (χ4n) is 1.53. The van der Waals surface area contributed by atoms with Crippen LogP contribution in [0.4, 0.5) is 0 Å². The molecule has 0 amide bonds. The summed E-state index contributed by atoms with van der Waals surface area (Å²) in [6.07, 6.45) is 0.876. The van der Waals surface area contributed by atoms with Crippen molar-refractivity contribution < 1.29 is 13.2 Å². The van der Waals surface area contributed by atoms with Gasteiger partial charge in [-0.25, -0.2) is 13.1 Å². The maximum atomic E-state index is 12.1. The summed E-state index contributed by atoms with van der Waals surface area (Å²) in [5.41, 5.74) is 0.579. The maximum absolute atomic E-state index is 12.1. The fourth-order valence-corrected chi connectivity index (χ4v) is 2.73. The number of methoxy groups -OCH3 is 1. The molecule has 0 atom stereocenters. The van der Waals surface area contributed by atoms with Crippen LogP contribution in [0, 0.1) is 0 Å². The van der Waals surface area contributed by atoms with Crippen molar-refractivity contribution in [2.45, 2.75) is 30.8 Å². The standard InChI is InChI=1S/C14H24N2O3S/c1-14(2,19-4)11-16-20(17,18)13-7-5-12(6-8-13)9-10-15-3/h5-8,15-16H,9-11H2,1-4H3. The van der Waals surface area contributed by atoms with E-state index in [0.717, 1.165) is 18.5 Å². The lowest BCUT2D eigenvalue weighted by molar-refractivity contribution is 0.0276. The van der Waals surface area contributed by atoms with Crippen LogP contribution in [0.1, 0.15) is 19.4 Å². The average molecular weight is 300 g/mol. The smallest absolute Gasteiger partial charge is 0.240 e. The van der Waals surface area contributed by atoms with Gasteiger partial charge in [0.2, 0.25) is 10.0 Å². The second kappa shape index (κ2) is 7.17. The fraction of sp³-hybridized carbons (Fsp3) is 0.571. The van der Waals surface area contributed by atoms with Gasteiger partial charge < -0.3 is 10.1 Å². The number of likely N-dealkylation sites (N-methyl/N-ethyl adjacent to an activating group) is 1. The zero-order valence-electron chi connectivity index (χ0n) is 12.6. The van der Waals surface area contributed by atoms with Crippen molar-refractivity contribution >= 4 is 10.0 Å². The van der Waals surface area contributed by atoms with E-state index >= 15 is 0 Å². The molecule has 0 bridgehead atoms. The largest absolute Gasteiger partial charge is 0.377 e. The molecule has 0 aliphatic carbocycles. The molecule has 5 nitrogen and oxygen atoms in total. The highest BCUT2D eigenvalue weighted by Crippen LogP contribution is 2.13. The SMILES string of the molecule is CNCCc1ccc(S(=O)(=O)NCC(C)(C)OC)cc1. The van der Waals surface area contributed by atoms with E-state index in [9.17, 15) is 8.42 Å². The highest BCUT2D eigenvalue weighted by atomic mass is 32.2. The summed E-state index contributed by atoms with van der Waals surface area (Å²) < 4.78 is 32.0. The molecule has 0 aliphatic heterocycles. The zero-order chi connectivity index (χ0) is 15.2. The molecule has 20 heavy (non-hydrogen) atoms. The Hall–Kier alpha value is -0.950. The summed E-state index contributed by atoms with van der Waals surface area (Å²) in [6.45, 7) is 4.76. The number of rotatable bonds is 8. The van der Waals surface area contributed by atoms with Gasteiger partial charge in [-0.2, -0.15) is 0 Å². The normalized spacial score (nSPS) is 12.6. The van der Waals surface area contributed by atoms with Crippen molar-refractivity contribution in [2.75, 3.05) is 27.2 Å². The second-order valence-electron chi connectivity index (χ2n) is 5.29. The highest BCUT2D eigenvalue weighted by molar-refractivity contribution is 7.89. The molecule has 6 heteroatoms. The van der Waals surface area contributed by atoms with Crippen molar-refractivity contribution in [1.29, 1.82) is 0 Å². The Labute approximate surface area is 121 Å². The number of sulfonamides is 1. The number of ether oxygens (including phenoxy) is 1. The van der Waals surface area contributed by atoms with Gasteiger partial charge in [0.25, 0.3) is 0 Å². The molecule has 1 aromatic carbocycles. The quantitative estimate of drug-likeness (QED) is 0.756. The van der Waals surface area contributed by atoms with Gasteiger partial charge >= 0.3 is 0 Å². The Morgan fingerprint density at radius 3 is 2.30 bits per heavy atom. The summed E-state index contributed by atoms with van der Waals surface area (Å²) >= 11 is 0. The van der Waals surface area contributed by atoms with E-state index in [4.69, 9.17) is 4.74 Å². The predicted octanol–water partition coefficient (Wildman–Crippen LogP) is 1.15. The molecule has 0 fully saturated rings. The minimum Gasteiger partial charge on any atom is -0.377 e. The van der Waals surface area contributed by atoms with Gasteiger partial charge in [-0.15, -0.1) is 0 Å². The van der Waals surface area contributed by atoms with E-state index in [0.29, 0.717) is 0 Å². The Bertz CT molecular complexity index is 510. The van der Waals surface area contributed by atoms with Crippen molar-refractivity contribution in [1.82, 2.24) is 10.0 Å². The maximum Gasteiger partial charge on any atom is 0.240 e. The monoisotopic (exact) mass is 300 g/mol. The zero-order valence-corrected chi connectivity index (χ0v) is 13.4. The van der Waals surface area contributed by atoms with Crippen molar-refractivity contribution in [3.63, 3.8) is 0 Å². The average Bonchev–Trinajstić information content (AvgIpc) is 2.44. The van der Waals surface area contributed by atoms with Crippen LogP contribution in [0.15, 0.2) is 29.2 Å². The molecular weight excluding hydrogens is 276 g/mol. The van der Waals surface area contributed by atoms with Gasteiger partial charge in [0.05, 0.1) is 10.5 Å². The molecule has 1 rings (SSSR count). The lowest BCUT2D eigenvalue weighted by atomic mass is 10.1. The molecule has 0 spiro atoms. The number of hydrogen-bond donors (Lipinski definition) is 2. The molecular formula is C14H24N2O3S. The van der Waals surface area contributed by atoms with E-state index in [1.54, 1.807) is 19.2 Å². The third-order valence-corrected chi connectivity index (χ3v) is 4.55. The van der Waals surface area contributed by atoms with Crippen molar-refractivity contribution in [3.8, 4) is 0 Å². The summed E-state index contributed by atoms with van der Waals surface area (Å²) in [5, 5.41) is 3.06. The van der Waals surface area contributed by atoms with Crippen molar-refractivity contribution in [2.24, 2.45) is 0 Å². The molecule has 0 radical (unpaired) electrons. The third-order valence-electron chi connectivity index (χ3n) is 3.14. The molecule has 0 saturated heterocycles. The first-order valence-electron chi connectivity index (χ1n) is 6.59. The van der Waals surface area contributed by atoms with E-state index in [2.05, 4.69) is 10.0 Å². The topological polar surface area (TPSA) is 67.4 Å². The van der Waals surface area contributed by atoms with Gasteiger partial charge in [-0.1, -0.05) is 12.1 Å². The molecule has 1 aromatic rings. The van der Waals surface area contributed by atoms with E-state index < -0.39 is 15.6 Å². The number of benzene rings is 1. The van der Waals surface area contributed by atoms with Crippen LogP contribution in [0.3, 0.4) is 0 Å². The predicted molar refractivity (Wildman–Crippen MR) is 80.3 cm³/mol. The summed E-state index contributed by atoms with van der Waals surface area (Å²) in [4.78, 5) is 0.276. The van der Waals surface area contributed by atoms with Crippen molar-refractivity contribution in [3.05, 3.63) is 29.8 Å². The molecule has 0 aromatic heterocycles. The van der Waals surface area contributed by atoms with E-state index in [1.807, 2.05) is 33.0 Å². The highest BCUT2D eigenvalue weighted by Gasteiger charge is 2.21. The molecule has 0 aliphatic rings. The first-order valence-corrected chi connectivity index (χ1v) is 8.07. The lowest BCUT2D eigenvalue weighted by Gasteiger charge is -2.23. The summed E-state index contributed by atoms with van der Waals surface area (Å²) in [5.74, 6) is 0. The van der Waals surface area contributed by atoms with Crippen LogP contribution in [0.25, 0.3) is 0 Å². The Morgan fingerprint density at radius 1 is 1.20 bits per heavy atom. The number of nitrogens with one attached hydrogen (secondary N) is 2. The summed E-state index contributed by atoms with van der Waals surface area (Å²) in [6, 6.07) is 6.95. The van der Waals surface area contributed by atoms with Crippen LogP contribution in [0.5, 0.6) is 0 Å². The van der Waals surface area contributed by atoms with E-state index in [-0.39, 0.29) is 11.4 Å². The van der Waals surface area contributed by atoms with Crippen LogP contribution in [0.2, 0.25) is 0 Å². The minimum atomic E-state index is -3.49.